The molecule has 0 aliphatic heterocycles. The Kier molecular flexibility index (Phi) is 4.77. The highest BCUT2D eigenvalue weighted by Crippen LogP contribution is 2.26. The number of anilines is 1. The lowest BCUT2D eigenvalue weighted by molar-refractivity contribution is 0.101. The Balaban J connectivity index is 1.56. The summed E-state index contributed by atoms with van der Waals surface area (Å²) in [5, 5.41) is 20.0. The quantitative estimate of drug-likeness (QED) is 0.548. The zero-order valence-electron chi connectivity index (χ0n) is 14.4. The van der Waals surface area contributed by atoms with Crippen molar-refractivity contribution in [2.45, 2.75) is 0 Å². The Morgan fingerprint density at radius 3 is 2.68 bits per heavy atom. The molecule has 10 heteroatoms. The fraction of sp³-hybridized carbons (Fsp3) is 0.0556. The zero-order valence-corrected chi connectivity index (χ0v) is 15.2. The Hall–Kier alpha value is -3.66. The van der Waals surface area contributed by atoms with Gasteiger partial charge in [-0.2, -0.15) is 0 Å². The summed E-state index contributed by atoms with van der Waals surface area (Å²) < 4.78 is 23.8. The van der Waals surface area contributed by atoms with Crippen molar-refractivity contribution in [3.05, 3.63) is 59.4 Å². The predicted molar refractivity (Wildman–Crippen MR) is 99.5 cm³/mol. The lowest BCUT2D eigenvalue weighted by Crippen LogP contribution is -2.16. The van der Waals surface area contributed by atoms with E-state index in [-0.39, 0.29) is 23.3 Å². The summed E-state index contributed by atoms with van der Waals surface area (Å²) in [5.74, 6) is -0.475. The summed E-state index contributed by atoms with van der Waals surface area (Å²) in [5.41, 5.74) is 1.02. The largest absolute Gasteiger partial charge is 0.494 e. The van der Waals surface area contributed by atoms with Gasteiger partial charge in [-0.25, -0.2) is 4.39 Å². The molecule has 28 heavy (non-hydrogen) atoms. The molecule has 0 spiro atoms. The van der Waals surface area contributed by atoms with E-state index in [2.05, 4.69) is 25.7 Å². The van der Waals surface area contributed by atoms with Crippen LogP contribution in [0.15, 0.2) is 52.3 Å². The van der Waals surface area contributed by atoms with E-state index in [1.807, 2.05) is 17.5 Å². The Bertz CT molecular complexity index is 1110. The van der Waals surface area contributed by atoms with E-state index in [4.69, 9.17) is 9.15 Å². The van der Waals surface area contributed by atoms with Crippen molar-refractivity contribution in [3.63, 3.8) is 0 Å². The smallest absolute Gasteiger partial charge is 0.322 e. The number of thiophene rings is 1. The third-order valence-corrected chi connectivity index (χ3v) is 4.57. The molecular formula is C18H12FN5O3S. The number of halogens is 1. The molecule has 0 radical (unpaired) electrons. The van der Waals surface area contributed by atoms with E-state index in [0.29, 0.717) is 17.1 Å². The number of benzene rings is 1. The molecule has 4 aromatic rings. The molecule has 3 aromatic heterocycles. The minimum Gasteiger partial charge on any atom is -0.494 e. The van der Waals surface area contributed by atoms with Crippen LogP contribution in [0.4, 0.5) is 10.4 Å². The van der Waals surface area contributed by atoms with Crippen LogP contribution in [-0.4, -0.2) is 33.4 Å². The monoisotopic (exact) mass is 397 g/mol. The first-order valence-corrected chi connectivity index (χ1v) is 8.88. The highest BCUT2D eigenvalue weighted by Gasteiger charge is 2.20. The summed E-state index contributed by atoms with van der Waals surface area (Å²) in [6.45, 7) is 0. The van der Waals surface area contributed by atoms with Gasteiger partial charge in [-0.15, -0.1) is 26.6 Å². The van der Waals surface area contributed by atoms with E-state index in [0.717, 1.165) is 4.88 Å². The molecule has 140 valence electrons. The average Bonchev–Trinajstić information content (AvgIpc) is 3.40. The molecule has 3 heterocycles. The standard InChI is InChI=1S/C18H12FN5O3S/c1-26-13-9-12(10-4-6-11(19)7-5-10)21-22-15(13)16(25)20-18-24-23-17(27-18)14-3-2-8-28-14/h2-9H,1H3,(H,20,24,25). The van der Waals surface area contributed by atoms with E-state index in [1.54, 1.807) is 18.2 Å². The number of nitrogens with one attached hydrogen (secondary N) is 1. The topological polar surface area (TPSA) is 103 Å². The maximum Gasteiger partial charge on any atom is 0.322 e. The summed E-state index contributed by atoms with van der Waals surface area (Å²) in [7, 11) is 1.41. The molecule has 1 N–H and O–H groups in total. The fourth-order valence-electron chi connectivity index (χ4n) is 2.38. The molecular weight excluding hydrogens is 385 g/mol. The molecule has 1 aromatic carbocycles. The van der Waals surface area contributed by atoms with E-state index in [1.165, 1.54) is 30.6 Å². The predicted octanol–water partition coefficient (Wildman–Crippen LogP) is 3.66. The number of hydrogen-bond acceptors (Lipinski definition) is 8. The van der Waals surface area contributed by atoms with Gasteiger partial charge in [-0.05, 0) is 35.7 Å². The van der Waals surface area contributed by atoms with Gasteiger partial charge in [0.05, 0.1) is 17.7 Å². The van der Waals surface area contributed by atoms with E-state index in [9.17, 15) is 9.18 Å². The Morgan fingerprint density at radius 2 is 1.96 bits per heavy atom. The van der Waals surface area contributed by atoms with Crippen molar-refractivity contribution in [2.24, 2.45) is 0 Å². The average molecular weight is 397 g/mol. The van der Waals surface area contributed by atoms with Crippen molar-refractivity contribution in [1.29, 1.82) is 0 Å². The third-order valence-electron chi connectivity index (χ3n) is 3.71. The van der Waals surface area contributed by atoms with Crippen molar-refractivity contribution < 1.29 is 18.3 Å². The van der Waals surface area contributed by atoms with Gasteiger partial charge in [0.2, 0.25) is 0 Å². The Labute approximate surface area is 162 Å². The fourth-order valence-corrected chi connectivity index (χ4v) is 3.02. The molecule has 0 unspecified atom stereocenters. The minimum atomic E-state index is -0.614. The number of ether oxygens (including phenoxy) is 1. The number of carbonyl (C=O) groups is 1. The van der Waals surface area contributed by atoms with Gasteiger partial charge in [0.1, 0.15) is 5.82 Å². The van der Waals surface area contributed by atoms with Gasteiger partial charge in [0.15, 0.2) is 11.4 Å². The second kappa shape index (κ2) is 7.53. The first-order chi connectivity index (χ1) is 13.6. The van der Waals surface area contributed by atoms with Crippen LogP contribution < -0.4 is 10.1 Å². The van der Waals surface area contributed by atoms with Crippen LogP contribution in [0.25, 0.3) is 22.0 Å². The molecule has 0 atom stereocenters. The number of amides is 1. The molecule has 0 saturated carbocycles. The number of methoxy groups -OCH3 is 1. The molecule has 0 aliphatic carbocycles. The lowest BCUT2D eigenvalue weighted by Gasteiger charge is -2.08. The number of carbonyl (C=O) groups excluding carboxylic acids is 1. The summed E-state index contributed by atoms with van der Waals surface area (Å²) in [4.78, 5) is 13.3. The van der Waals surface area contributed by atoms with Crippen LogP contribution >= 0.6 is 11.3 Å². The van der Waals surface area contributed by atoms with Gasteiger partial charge in [-0.1, -0.05) is 11.2 Å². The van der Waals surface area contributed by atoms with Crippen LogP contribution in [0, 0.1) is 5.82 Å². The second-order valence-corrected chi connectivity index (χ2v) is 6.44. The maximum absolute atomic E-state index is 13.1. The minimum absolute atomic E-state index is 0.0516. The van der Waals surface area contributed by atoms with Crippen molar-refractivity contribution in [1.82, 2.24) is 20.4 Å². The third kappa shape index (κ3) is 3.58. The SMILES string of the molecule is COc1cc(-c2ccc(F)cc2)nnc1C(=O)Nc1nnc(-c2cccs2)o1. The zero-order chi connectivity index (χ0) is 19.5. The molecule has 0 saturated heterocycles. The highest BCUT2D eigenvalue weighted by molar-refractivity contribution is 7.13. The molecule has 0 fully saturated rings. The van der Waals surface area contributed by atoms with Gasteiger partial charge < -0.3 is 9.15 Å². The van der Waals surface area contributed by atoms with E-state index >= 15 is 0 Å². The molecule has 4 rings (SSSR count). The molecule has 1 amide bonds. The summed E-state index contributed by atoms with van der Waals surface area (Å²) in [6, 6.07) is 10.9. The number of aromatic nitrogens is 4. The highest BCUT2D eigenvalue weighted by atomic mass is 32.1. The van der Waals surface area contributed by atoms with Gasteiger partial charge in [0, 0.05) is 11.6 Å². The maximum atomic E-state index is 13.1. The van der Waals surface area contributed by atoms with E-state index < -0.39 is 5.91 Å². The summed E-state index contributed by atoms with van der Waals surface area (Å²) >= 11 is 1.44. The molecule has 0 bridgehead atoms. The molecule has 8 nitrogen and oxygen atoms in total. The van der Waals surface area contributed by atoms with Crippen LogP contribution in [0.3, 0.4) is 0 Å². The second-order valence-electron chi connectivity index (χ2n) is 5.50. The lowest BCUT2D eigenvalue weighted by atomic mass is 10.1. The van der Waals surface area contributed by atoms with Gasteiger partial charge >= 0.3 is 6.01 Å². The number of rotatable bonds is 5. The normalized spacial score (nSPS) is 10.6. The number of hydrogen-bond donors (Lipinski definition) is 1. The van der Waals surface area contributed by atoms with Crippen molar-refractivity contribution in [2.75, 3.05) is 12.4 Å². The van der Waals surface area contributed by atoms with Crippen LogP contribution in [-0.2, 0) is 0 Å². The summed E-state index contributed by atoms with van der Waals surface area (Å²) in [6.07, 6.45) is 0. The van der Waals surface area contributed by atoms with Gasteiger partial charge in [-0.3, -0.25) is 10.1 Å². The first-order valence-electron chi connectivity index (χ1n) is 8.00. The van der Waals surface area contributed by atoms with Crippen molar-refractivity contribution in [3.8, 4) is 27.8 Å². The molecule has 0 aliphatic rings. The van der Waals surface area contributed by atoms with Crippen molar-refractivity contribution >= 4 is 23.3 Å². The van der Waals surface area contributed by atoms with Gasteiger partial charge in [0.25, 0.3) is 11.8 Å². The number of nitrogens with zero attached hydrogens (tertiary/aromatic N) is 4. The van der Waals surface area contributed by atoms with Crippen LogP contribution in [0.1, 0.15) is 10.5 Å². The van der Waals surface area contributed by atoms with Crippen LogP contribution in [0.5, 0.6) is 5.75 Å². The first kappa shape index (κ1) is 17.7. The van der Waals surface area contributed by atoms with Crippen LogP contribution in [0.2, 0.25) is 0 Å². The Morgan fingerprint density at radius 1 is 1.14 bits per heavy atom.